The van der Waals surface area contributed by atoms with E-state index in [4.69, 9.17) is 4.74 Å². The molecule has 1 aromatic carbocycles. The molecule has 6 nitrogen and oxygen atoms in total. The van der Waals surface area contributed by atoms with Crippen LogP contribution in [-0.4, -0.2) is 51.5 Å². The summed E-state index contributed by atoms with van der Waals surface area (Å²) in [4.78, 5) is 6.69. The van der Waals surface area contributed by atoms with E-state index in [0.29, 0.717) is 18.0 Å². The molecule has 0 bridgehead atoms. The third-order valence-corrected chi connectivity index (χ3v) is 5.91. The Morgan fingerprint density at radius 2 is 1.92 bits per heavy atom. The smallest absolute Gasteiger partial charge is 0.243 e. The first-order chi connectivity index (χ1) is 11.5. The van der Waals surface area contributed by atoms with E-state index in [2.05, 4.69) is 4.98 Å². The molecule has 0 radical (unpaired) electrons. The molecule has 0 amide bonds. The number of pyridine rings is 1. The zero-order valence-electron chi connectivity index (χ0n) is 13.8. The van der Waals surface area contributed by atoms with Crippen LogP contribution in [0.2, 0.25) is 0 Å². The fourth-order valence-electron chi connectivity index (χ4n) is 2.62. The number of morpholine rings is 1. The van der Waals surface area contributed by atoms with Gasteiger partial charge in [0, 0.05) is 27.2 Å². The summed E-state index contributed by atoms with van der Waals surface area (Å²) in [6.45, 7) is 0.975. The van der Waals surface area contributed by atoms with Gasteiger partial charge in [0.1, 0.15) is 6.10 Å². The highest BCUT2D eigenvalue weighted by molar-refractivity contribution is 7.89. The van der Waals surface area contributed by atoms with Crippen molar-refractivity contribution >= 4 is 15.7 Å². The number of ether oxygens (including phenoxy) is 1. The first kappa shape index (κ1) is 16.9. The van der Waals surface area contributed by atoms with Gasteiger partial charge in [-0.25, -0.2) is 8.42 Å². The fourth-order valence-corrected chi connectivity index (χ4v) is 4.06. The fraction of sp³-hybridized carbons (Fsp3) is 0.353. The van der Waals surface area contributed by atoms with Gasteiger partial charge in [-0.2, -0.15) is 4.31 Å². The molecule has 1 aliphatic heterocycles. The lowest BCUT2D eigenvalue weighted by Crippen LogP contribution is -2.42. The van der Waals surface area contributed by atoms with Crippen LogP contribution in [0.1, 0.15) is 11.8 Å². The molecule has 1 aromatic heterocycles. The van der Waals surface area contributed by atoms with Gasteiger partial charge in [0.05, 0.1) is 29.1 Å². The van der Waals surface area contributed by atoms with Gasteiger partial charge in [0.25, 0.3) is 0 Å². The van der Waals surface area contributed by atoms with E-state index >= 15 is 0 Å². The predicted molar refractivity (Wildman–Crippen MR) is 92.5 cm³/mol. The molecule has 3 rings (SSSR count). The lowest BCUT2D eigenvalue weighted by molar-refractivity contribution is -0.00492. The van der Waals surface area contributed by atoms with Gasteiger partial charge in [0.2, 0.25) is 10.0 Å². The Morgan fingerprint density at radius 1 is 1.17 bits per heavy atom. The predicted octanol–water partition coefficient (Wildman–Crippen LogP) is 1.91. The Morgan fingerprint density at radius 3 is 2.54 bits per heavy atom. The number of anilines is 1. The molecule has 2 heterocycles. The van der Waals surface area contributed by atoms with Crippen molar-refractivity contribution in [3.8, 4) is 0 Å². The SMILES string of the molecule is CN(C)c1ccc(C2CN(S(=O)(=O)c3ccccc3)CCO2)nc1. The highest BCUT2D eigenvalue weighted by Crippen LogP contribution is 2.26. The van der Waals surface area contributed by atoms with Gasteiger partial charge in [0.15, 0.2) is 0 Å². The molecule has 0 spiro atoms. The zero-order valence-corrected chi connectivity index (χ0v) is 14.6. The van der Waals surface area contributed by atoms with Gasteiger partial charge in [-0.3, -0.25) is 4.98 Å². The third-order valence-electron chi connectivity index (χ3n) is 4.03. The largest absolute Gasteiger partial charge is 0.376 e. The number of sulfonamides is 1. The second-order valence-corrected chi connectivity index (χ2v) is 7.81. The first-order valence-corrected chi connectivity index (χ1v) is 9.22. The second-order valence-electron chi connectivity index (χ2n) is 5.87. The lowest BCUT2D eigenvalue weighted by atomic mass is 10.2. The van der Waals surface area contributed by atoms with Crippen molar-refractivity contribution in [1.82, 2.24) is 9.29 Å². The Hall–Kier alpha value is -1.96. The van der Waals surface area contributed by atoms with E-state index in [-0.39, 0.29) is 12.6 Å². The van der Waals surface area contributed by atoms with Crippen LogP contribution in [-0.2, 0) is 14.8 Å². The number of nitrogens with zero attached hydrogens (tertiary/aromatic N) is 3. The van der Waals surface area contributed by atoms with Crippen molar-refractivity contribution < 1.29 is 13.2 Å². The minimum Gasteiger partial charge on any atom is -0.376 e. The minimum atomic E-state index is -3.51. The number of benzene rings is 1. The summed E-state index contributed by atoms with van der Waals surface area (Å²) in [5.41, 5.74) is 1.73. The quantitative estimate of drug-likeness (QED) is 0.845. The van der Waals surface area contributed by atoms with Crippen molar-refractivity contribution in [2.45, 2.75) is 11.0 Å². The van der Waals surface area contributed by atoms with Crippen LogP contribution in [0.3, 0.4) is 0 Å². The lowest BCUT2D eigenvalue weighted by Gasteiger charge is -2.32. The number of hydrogen-bond donors (Lipinski definition) is 0. The van der Waals surface area contributed by atoms with E-state index in [1.165, 1.54) is 4.31 Å². The van der Waals surface area contributed by atoms with E-state index < -0.39 is 10.0 Å². The number of rotatable bonds is 4. The minimum absolute atomic E-state index is 0.269. The monoisotopic (exact) mass is 347 g/mol. The van der Waals surface area contributed by atoms with Crippen LogP contribution in [0.25, 0.3) is 0 Å². The van der Waals surface area contributed by atoms with E-state index in [1.54, 1.807) is 36.5 Å². The van der Waals surface area contributed by atoms with Crippen molar-refractivity contribution in [2.24, 2.45) is 0 Å². The van der Waals surface area contributed by atoms with Gasteiger partial charge >= 0.3 is 0 Å². The van der Waals surface area contributed by atoms with Crippen LogP contribution in [0, 0.1) is 0 Å². The standard InChI is InChI=1S/C17H21N3O3S/c1-19(2)14-8-9-16(18-12-14)17-13-20(10-11-23-17)24(21,22)15-6-4-3-5-7-15/h3-9,12,17H,10-11,13H2,1-2H3. The Labute approximate surface area is 142 Å². The zero-order chi connectivity index (χ0) is 17.2. The highest BCUT2D eigenvalue weighted by Gasteiger charge is 2.31. The summed E-state index contributed by atoms with van der Waals surface area (Å²) in [6.07, 6.45) is 1.41. The molecule has 0 saturated carbocycles. The maximum absolute atomic E-state index is 12.8. The summed E-state index contributed by atoms with van der Waals surface area (Å²) < 4.78 is 32.7. The van der Waals surface area contributed by atoms with E-state index in [9.17, 15) is 8.42 Å². The molecule has 1 aliphatic rings. The Kier molecular flexibility index (Phi) is 4.84. The van der Waals surface area contributed by atoms with Crippen molar-refractivity contribution in [2.75, 3.05) is 38.7 Å². The van der Waals surface area contributed by atoms with Crippen molar-refractivity contribution in [3.05, 3.63) is 54.4 Å². The van der Waals surface area contributed by atoms with E-state index in [0.717, 1.165) is 11.4 Å². The van der Waals surface area contributed by atoms with Gasteiger partial charge in [-0.15, -0.1) is 0 Å². The molecule has 2 aromatic rings. The summed E-state index contributed by atoms with van der Waals surface area (Å²) in [6, 6.07) is 12.3. The van der Waals surface area contributed by atoms with Gasteiger partial charge in [-0.05, 0) is 24.3 Å². The van der Waals surface area contributed by atoms with Crippen LogP contribution < -0.4 is 4.90 Å². The number of aromatic nitrogens is 1. The average Bonchev–Trinajstić information content (AvgIpc) is 2.62. The number of hydrogen-bond acceptors (Lipinski definition) is 5. The maximum atomic E-state index is 12.8. The van der Waals surface area contributed by atoms with Gasteiger partial charge in [-0.1, -0.05) is 18.2 Å². The normalized spacial score (nSPS) is 19.2. The highest BCUT2D eigenvalue weighted by atomic mass is 32.2. The van der Waals surface area contributed by atoms with Crippen LogP contribution in [0.15, 0.2) is 53.6 Å². The van der Waals surface area contributed by atoms with Crippen LogP contribution in [0.5, 0.6) is 0 Å². The van der Waals surface area contributed by atoms with E-state index in [1.807, 2.05) is 31.1 Å². The summed E-state index contributed by atoms with van der Waals surface area (Å²) in [5.74, 6) is 0. The molecule has 0 N–H and O–H groups in total. The summed E-state index contributed by atoms with van der Waals surface area (Å²) >= 11 is 0. The van der Waals surface area contributed by atoms with Crippen LogP contribution >= 0.6 is 0 Å². The second kappa shape index (κ2) is 6.88. The molecule has 1 atom stereocenters. The molecule has 1 saturated heterocycles. The summed E-state index contributed by atoms with van der Waals surface area (Å²) in [5, 5.41) is 0. The van der Waals surface area contributed by atoms with Crippen molar-refractivity contribution in [3.63, 3.8) is 0 Å². The topological polar surface area (TPSA) is 62.7 Å². The van der Waals surface area contributed by atoms with Crippen LogP contribution in [0.4, 0.5) is 5.69 Å². The van der Waals surface area contributed by atoms with Crippen molar-refractivity contribution in [1.29, 1.82) is 0 Å². The molecular formula is C17H21N3O3S. The third kappa shape index (κ3) is 3.43. The molecule has 0 aliphatic carbocycles. The first-order valence-electron chi connectivity index (χ1n) is 7.78. The molecule has 1 fully saturated rings. The molecular weight excluding hydrogens is 326 g/mol. The molecule has 7 heteroatoms. The molecule has 24 heavy (non-hydrogen) atoms. The molecule has 1 unspecified atom stereocenters. The molecule has 128 valence electrons. The average molecular weight is 347 g/mol. The maximum Gasteiger partial charge on any atom is 0.243 e. The Bertz CT molecular complexity index is 776. The summed E-state index contributed by atoms with van der Waals surface area (Å²) in [7, 11) is 0.386. The van der Waals surface area contributed by atoms with Gasteiger partial charge < -0.3 is 9.64 Å². The Balaban J connectivity index is 1.79.